The maximum atomic E-state index is 11.8. The van der Waals surface area contributed by atoms with E-state index in [1.54, 1.807) is 11.8 Å². The zero-order valence-electron chi connectivity index (χ0n) is 10.1. The lowest BCUT2D eigenvalue weighted by molar-refractivity contribution is -0.120. The van der Waals surface area contributed by atoms with E-state index in [-0.39, 0.29) is 11.2 Å². The highest BCUT2D eigenvalue weighted by atomic mass is 35.5. The summed E-state index contributed by atoms with van der Waals surface area (Å²) in [6.07, 6.45) is 2.22. The summed E-state index contributed by atoms with van der Waals surface area (Å²) in [5.74, 6) is 0.753. The van der Waals surface area contributed by atoms with Crippen LogP contribution < -0.4 is 5.32 Å². The molecule has 98 valence electrons. The molecule has 1 aliphatic rings. The number of carbonyl (C=O) groups is 1. The molecule has 0 aliphatic heterocycles. The van der Waals surface area contributed by atoms with Gasteiger partial charge in [-0.05, 0) is 37.5 Å². The maximum absolute atomic E-state index is 11.8. The molecule has 1 aliphatic carbocycles. The zero-order chi connectivity index (χ0) is 13.1. The van der Waals surface area contributed by atoms with Crippen molar-refractivity contribution >= 4 is 40.9 Å². The molecule has 5 heteroatoms. The molecule has 0 saturated heterocycles. The van der Waals surface area contributed by atoms with Crippen molar-refractivity contribution in [3.8, 4) is 0 Å². The molecule has 1 fully saturated rings. The number of amides is 1. The molecule has 1 atom stereocenters. The SMILES string of the molecule is CC(SCc1c(Cl)cccc1Cl)C(=O)NC1CC1. The summed E-state index contributed by atoms with van der Waals surface area (Å²) in [7, 11) is 0. The summed E-state index contributed by atoms with van der Waals surface area (Å²) >= 11 is 13.7. The Hall–Kier alpha value is -0.380. The lowest BCUT2D eigenvalue weighted by Crippen LogP contribution is -2.32. The van der Waals surface area contributed by atoms with Gasteiger partial charge in [-0.3, -0.25) is 4.79 Å². The van der Waals surface area contributed by atoms with Gasteiger partial charge in [0.25, 0.3) is 0 Å². The minimum Gasteiger partial charge on any atom is -0.352 e. The van der Waals surface area contributed by atoms with Crippen LogP contribution in [0, 0.1) is 0 Å². The van der Waals surface area contributed by atoms with E-state index in [9.17, 15) is 4.79 Å². The quantitative estimate of drug-likeness (QED) is 0.894. The van der Waals surface area contributed by atoms with Crippen LogP contribution in [0.1, 0.15) is 25.3 Å². The molecule has 2 nitrogen and oxygen atoms in total. The van der Waals surface area contributed by atoms with Gasteiger partial charge in [0.1, 0.15) is 0 Å². The third-order valence-electron chi connectivity index (χ3n) is 2.83. The molecule has 1 N–H and O–H groups in total. The molecule has 1 unspecified atom stereocenters. The molecule has 2 rings (SSSR count). The second-order valence-electron chi connectivity index (χ2n) is 4.44. The van der Waals surface area contributed by atoms with E-state index in [1.807, 2.05) is 25.1 Å². The Kier molecular flexibility index (Phi) is 4.82. The van der Waals surface area contributed by atoms with E-state index in [0.29, 0.717) is 21.8 Å². The van der Waals surface area contributed by atoms with Gasteiger partial charge < -0.3 is 5.32 Å². The van der Waals surface area contributed by atoms with Crippen molar-refractivity contribution in [1.29, 1.82) is 0 Å². The molecule has 0 spiro atoms. The Morgan fingerprint density at radius 3 is 2.61 bits per heavy atom. The Bertz CT molecular complexity index is 428. The van der Waals surface area contributed by atoms with Gasteiger partial charge in [0, 0.05) is 21.8 Å². The van der Waals surface area contributed by atoms with Crippen LogP contribution in [0.3, 0.4) is 0 Å². The molecular weight excluding hydrogens is 289 g/mol. The number of hydrogen-bond donors (Lipinski definition) is 1. The van der Waals surface area contributed by atoms with Crippen molar-refractivity contribution in [3.05, 3.63) is 33.8 Å². The Morgan fingerprint density at radius 2 is 2.06 bits per heavy atom. The van der Waals surface area contributed by atoms with E-state index in [2.05, 4.69) is 5.32 Å². The van der Waals surface area contributed by atoms with Crippen molar-refractivity contribution in [2.24, 2.45) is 0 Å². The van der Waals surface area contributed by atoms with Crippen molar-refractivity contribution in [2.45, 2.75) is 36.8 Å². The van der Waals surface area contributed by atoms with E-state index in [4.69, 9.17) is 23.2 Å². The monoisotopic (exact) mass is 303 g/mol. The van der Waals surface area contributed by atoms with Crippen LogP contribution in [-0.2, 0) is 10.5 Å². The molecular formula is C13H15Cl2NOS. The minimum absolute atomic E-state index is 0.0852. The second-order valence-corrected chi connectivity index (χ2v) is 6.58. The largest absolute Gasteiger partial charge is 0.352 e. The molecule has 0 aromatic heterocycles. The van der Waals surface area contributed by atoms with Crippen LogP contribution in [-0.4, -0.2) is 17.2 Å². The van der Waals surface area contributed by atoms with Crippen LogP contribution in [0.5, 0.6) is 0 Å². The average Bonchev–Trinajstić information content (AvgIpc) is 3.12. The Labute approximate surface area is 121 Å². The molecule has 0 radical (unpaired) electrons. The Morgan fingerprint density at radius 1 is 1.44 bits per heavy atom. The smallest absolute Gasteiger partial charge is 0.233 e. The van der Waals surface area contributed by atoms with Gasteiger partial charge in [-0.1, -0.05) is 29.3 Å². The summed E-state index contributed by atoms with van der Waals surface area (Å²) < 4.78 is 0. The summed E-state index contributed by atoms with van der Waals surface area (Å²) in [6.45, 7) is 1.91. The van der Waals surface area contributed by atoms with Gasteiger partial charge in [0.2, 0.25) is 5.91 Å². The molecule has 0 heterocycles. The standard InChI is InChI=1S/C13H15Cl2NOS/c1-8(13(17)16-9-5-6-9)18-7-10-11(14)3-2-4-12(10)15/h2-4,8-9H,5-7H2,1H3,(H,16,17). The van der Waals surface area contributed by atoms with Crippen LogP contribution in [0.2, 0.25) is 10.0 Å². The van der Waals surface area contributed by atoms with Crippen LogP contribution in [0.25, 0.3) is 0 Å². The van der Waals surface area contributed by atoms with Crippen molar-refractivity contribution in [2.75, 3.05) is 0 Å². The molecule has 1 amide bonds. The van der Waals surface area contributed by atoms with E-state index < -0.39 is 0 Å². The molecule has 18 heavy (non-hydrogen) atoms. The van der Waals surface area contributed by atoms with Gasteiger partial charge >= 0.3 is 0 Å². The van der Waals surface area contributed by atoms with Gasteiger partial charge in [-0.15, -0.1) is 11.8 Å². The van der Waals surface area contributed by atoms with Gasteiger partial charge in [-0.2, -0.15) is 0 Å². The summed E-state index contributed by atoms with van der Waals surface area (Å²) in [4.78, 5) is 11.8. The highest BCUT2D eigenvalue weighted by Gasteiger charge is 2.25. The molecule has 1 saturated carbocycles. The van der Waals surface area contributed by atoms with E-state index in [0.717, 1.165) is 18.4 Å². The van der Waals surface area contributed by atoms with E-state index >= 15 is 0 Å². The predicted molar refractivity (Wildman–Crippen MR) is 78.4 cm³/mol. The topological polar surface area (TPSA) is 29.1 Å². The number of halogens is 2. The zero-order valence-corrected chi connectivity index (χ0v) is 12.4. The molecule has 1 aromatic carbocycles. The van der Waals surface area contributed by atoms with Crippen LogP contribution >= 0.6 is 35.0 Å². The van der Waals surface area contributed by atoms with Crippen molar-refractivity contribution in [1.82, 2.24) is 5.32 Å². The number of hydrogen-bond acceptors (Lipinski definition) is 2. The molecule has 0 bridgehead atoms. The summed E-state index contributed by atoms with van der Waals surface area (Å²) in [5, 5.41) is 4.22. The van der Waals surface area contributed by atoms with Gasteiger partial charge in [0.05, 0.1) is 5.25 Å². The fourth-order valence-corrected chi connectivity index (χ4v) is 3.14. The third-order valence-corrected chi connectivity index (χ3v) is 4.71. The van der Waals surface area contributed by atoms with Crippen LogP contribution in [0.4, 0.5) is 0 Å². The first-order valence-corrected chi connectivity index (χ1v) is 7.73. The number of thioether (sulfide) groups is 1. The summed E-state index contributed by atoms with van der Waals surface area (Å²) in [5.41, 5.74) is 0.900. The lowest BCUT2D eigenvalue weighted by Gasteiger charge is -2.12. The van der Waals surface area contributed by atoms with Gasteiger partial charge in [0.15, 0.2) is 0 Å². The van der Waals surface area contributed by atoms with Crippen molar-refractivity contribution in [3.63, 3.8) is 0 Å². The first-order valence-electron chi connectivity index (χ1n) is 5.93. The lowest BCUT2D eigenvalue weighted by atomic mass is 10.2. The molecule has 1 aromatic rings. The van der Waals surface area contributed by atoms with Gasteiger partial charge in [-0.25, -0.2) is 0 Å². The normalized spacial score (nSPS) is 16.4. The van der Waals surface area contributed by atoms with Crippen LogP contribution in [0.15, 0.2) is 18.2 Å². The maximum Gasteiger partial charge on any atom is 0.233 e. The predicted octanol–water partition coefficient (Wildman–Crippen LogP) is 3.89. The second kappa shape index (κ2) is 6.18. The average molecular weight is 304 g/mol. The number of carbonyl (C=O) groups excluding carboxylic acids is 1. The summed E-state index contributed by atoms with van der Waals surface area (Å²) in [6, 6.07) is 5.86. The first kappa shape index (κ1) is 14.0. The highest BCUT2D eigenvalue weighted by molar-refractivity contribution is 7.99. The third kappa shape index (κ3) is 3.81. The minimum atomic E-state index is -0.0852. The first-order chi connectivity index (χ1) is 8.58. The fraction of sp³-hybridized carbons (Fsp3) is 0.462. The fourth-order valence-electron chi connectivity index (χ4n) is 1.50. The highest BCUT2D eigenvalue weighted by Crippen LogP contribution is 2.30. The number of rotatable bonds is 5. The number of benzene rings is 1. The van der Waals surface area contributed by atoms with E-state index in [1.165, 1.54) is 0 Å². The van der Waals surface area contributed by atoms with Crippen molar-refractivity contribution < 1.29 is 4.79 Å². The number of nitrogens with one attached hydrogen (secondary N) is 1. The Balaban J connectivity index is 1.88.